The van der Waals surface area contributed by atoms with Crippen molar-refractivity contribution >= 4 is 5.91 Å². The molecule has 1 aromatic rings. The molecule has 0 aliphatic heterocycles. The van der Waals surface area contributed by atoms with Crippen LogP contribution in [0.1, 0.15) is 22.5 Å². The molecule has 8 heteroatoms. The number of amides is 1. The quantitative estimate of drug-likeness (QED) is 0.768. The molecule has 108 valence electrons. The van der Waals surface area contributed by atoms with Gasteiger partial charge in [0.15, 0.2) is 5.69 Å². The number of hydrogen-bond donors (Lipinski definition) is 0. The summed E-state index contributed by atoms with van der Waals surface area (Å²) in [6.07, 6.45) is -3.11. The fraction of sp³-hybridized carbons (Fsp3) is 0.636. The molecular weight excluding hydrogens is 263 g/mol. The van der Waals surface area contributed by atoms with Gasteiger partial charge < -0.3 is 9.64 Å². The van der Waals surface area contributed by atoms with Crippen LogP contribution in [0.4, 0.5) is 13.2 Å². The summed E-state index contributed by atoms with van der Waals surface area (Å²) in [7, 11) is 4.13. The van der Waals surface area contributed by atoms with E-state index in [-0.39, 0.29) is 0 Å². The van der Waals surface area contributed by atoms with E-state index in [1.165, 1.54) is 19.1 Å². The molecule has 1 aromatic heterocycles. The van der Waals surface area contributed by atoms with Gasteiger partial charge in [-0.2, -0.15) is 18.3 Å². The van der Waals surface area contributed by atoms with Crippen LogP contribution in [0, 0.1) is 0 Å². The summed E-state index contributed by atoms with van der Waals surface area (Å²) in [5.41, 5.74) is -1.47. The number of hydrogen-bond acceptors (Lipinski definition) is 3. The third-order valence-electron chi connectivity index (χ3n) is 2.63. The van der Waals surface area contributed by atoms with Crippen LogP contribution < -0.4 is 0 Å². The van der Waals surface area contributed by atoms with Crippen LogP contribution in [0.2, 0.25) is 0 Å². The van der Waals surface area contributed by atoms with E-state index in [9.17, 15) is 18.0 Å². The summed E-state index contributed by atoms with van der Waals surface area (Å²) in [5.74, 6) is -0.698. The molecule has 0 aliphatic carbocycles. The van der Waals surface area contributed by atoms with Crippen molar-refractivity contribution in [2.45, 2.75) is 12.6 Å². The van der Waals surface area contributed by atoms with E-state index < -0.39 is 23.3 Å². The molecule has 0 unspecified atom stereocenters. The molecule has 1 heterocycles. The Morgan fingerprint density at radius 3 is 2.68 bits per heavy atom. The molecule has 0 bridgehead atoms. The highest BCUT2D eigenvalue weighted by Gasteiger charge is 2.39. The zero-order valence-corrected chi connectivity index (χ0v) is 11.0. The molecule has 19 heavy (non-hydrogen) atoms. The third kappa shape index (κ3) is 3.69. The molecule has 0 aliphatic rings. The molecule has 1 rings (SSSR count). The largest absolute Gasteiger partial charge is 0.433 e. The van der Waals surface area contributed by atoms with E-state index in [1.54, 1.807) is 0 Å². The highest BCUT2D eigenvalue weighted by molar-refractivity contribution is 5.95. The molecule has 0 aromatic carbocycles. The first kappa shape index (κ1) is 15.5. The normalized spacial score (nSPS) is 11.7. The van der Waals surface area contributed by atoms with E-state index in [4.69, 9.17) is 4.74 Å². The summed E-state index contributed by atoms with van der Waals surface area (Å²) in [6.45, 7) is 0.760. The second-order valence-electron chi connectivity index (χ2n) is 4.10. The highest BCUT2D eigenvalue weighted by atomic mass is 19.4. The number of carbonyl (C=O) groups is 1. The Bertz CT molecular complexity index is 443. The number of nitrogens with zero attached hydrogens (tertiary/aromatic N) is 3. The van der Waals surface area contributed by atoms with Crippen LogP contribution in [-0.4, -0.2) is 47.9 Å². The maximum atomic E-state index is 12.8. The van der Waals surface area contributed by atoms with E-state index >= 15 is 0 Å². The van der Waals surface area contributed by atoms with Gasteiger partial charge in [-0.25, -0.2) is 0 Å². The predicted molar refractivity (Wildman–Crippen MR) is 61.7 cm³/mol. The summed E-state index contributed by atoms with van der Waals surface area (Å²) in [5, 5.41) is 3.51. The van der Waals surface area contributed by atoms with Gasteiger partial charge in [-0.05, 0) is 6.42 Å². The Morgan fingerprint density at radius 2 is 2.16 bits per heavy atom. The fourth-order valence-corrected chi connectivity index (χ4v) is 1.68. The van der Waals surface area contributed by atoms with Crippen molar-refractivity contribution in [1.82, 2.24) is 14.7 Å². The van der Waals surface area contributed by atoms with Crippen LogP contribution in [0.3, 0.4) is 0 Å². The fourth-order valence-electron chi connectivity index (χ4n) is 1.68. The smallest absolute Gasteiger partial charge is 0.385 e. The Kier molecular flexibility index (Phi) is 4.93. The minimum Gasteiger partial charge on any atom is -0.385 e. The van der Waals surface area contributed by atoms with Crippen LogP contribution in [-0.2, 0) is 18.0 Å². The summed E-state index contributed by atoms with van der Waals surface area (Å²) in [6, 6.07) is 0. The van der Waals surface area contributed by atoms with Crippen molar-refractivity contribution in [2.24, 2.45) is 7.05 Å². The van der Waals surface area contributed by atoms with Crippen LogP contribution in [0.25, 0.3) is 0 Å². The second-order valence-corrected chi connectivity index (χ2v) is 4.10. The average molecular weight is 279 g/mol. The van der Waals surface area contributed by atoms with Crippen molar-refractivity contribution in [2.75, 3.05) is 27.3 Å². The Labute approximate surface area is 108 Å². The zero-order chi connectivity index (χ0) is 14.6. The Morgan fingerprint density at radius 1 is 1.53 bits per heavy atom. The maximum Gasteiger partial charge on any atom is 0.433 e. The third-order valence-corrected chi connectivity index (χ3v) is 2.63. The number of alkyl halides is 3. The summed E-state index contributed by atoms with van der Waals surface area (Å²) < 4.78 is 44.0. The molecule has 0 N–H and O–H groups in total. The molecule has 0 spiro atoms. The molecular formula is C11H16F3N3O2. The lowest BCUT2D eigenvalue weighted by atomic mass is 10.2. The molecule has 0 saturated carbocycles. The van der Waals surface area contributed by atoms with Gasteiger partial charge in [0, 0.05) is 34.4 Å². The van der Waals surface area contributed by atoms with Crippen LogP contribution >= 0.6 is 0 Å². The van der Waals surface area contributed by atoms with E-state index in [0.29, 0.717) is 24.3 Å². The predicted octanol–water partition coefficient (Wildman–Crippen LogP) is 1.55. The number of aromatic nitrogens is 2. The molecule has 0 atom stereocenters. The molecule has 1 amide bonds. The van der Waals surface area contributed by atoms with Gasteiger partial charge in [0.1, 0.15) is 0 Å². The first-order valence-corrected chi connectivity index (χ1v) is 5.62. The first-order valence-electron chi connectivity index (χ1n) is 5.62. The van der Waals surface area contributed by atoms with Gasteiger partial charge in [0.2, 0.25) is 0 Å². The lowest BCUT2D eigenvalue weighted by Crippen LogP contribution is -2.30. The second kappa shape index (κ2) is 6.05. The SMILES string of the molecule is COCCCN(C)C(=O)c1cnn(C)c1C(F)(F)F. The number of carbonyl (C=O) groups excluding carboxylic acids is 1. The topological polar surface area (TPSA) is 47.4 Å². The van der Waals surface area contributed by atoms with Gasteiger partial charge in [-0.3, -0.25) is 9.48 Å². The number of ether oxygens (including phenoxy) is 1. The van der Waals surface area contributed by atoms with E-state index in [0.717, 1.165) is 13.2 Å². The number of halogens is 3. The van der Waals surface area contributed by atoms with E-state index in [2.05, 4.69) is 5.10 Å². The minimum atomic E-state index is -4.61. The Hall–Kier alpha value is -1.57. The van der Waals surface area contributed by atoms with Gasteiger partial charge >= 0.3 is 6.18 Å². The molecule has 0 fully saturated rings. The lowest BCUT2D eigenvalue weighted by molar-refractivity contribution is -0.144. The minimum absolute atomic E-state index is 0.318. The maximum absolute atomic E-state index is 12.8. The summed E-state index contributed by atoms with van der Waals surface area (Å²) >= 11 is 0. The molecule has 5 nitrogen and oxygen atoms in total. The van der Waals surface area contributed by atoms with Crippen LogP contribution in [0.5, 0.6) is 0 Å². The van der Waals surface area contributed by atoms with Crippen molar-refractivity contribution in [3.63, 3.8) is 0 Å². The van der Waals surface area contributed by atoms with E-state index in [1.807, 2.05) is 0 Å². The molecule has 0 saturated heterocycles. The highest BCUT2D eigenvalue weighted by Crippen LogP contribution is 2.31. The number of rotatable bonds is 5. The van der Waals surface area contributed by atoms with Gasteiger partial charge in [0.25, 0.3) is 5.91 Å². The summed E-state index contributed by atoms with van der Waals surface area (Å²) in [4.78, 5) is 13.2. The van der Waals surface area contributed by atoms with Crippen molar-refractivity contribution in [3.05, 3.63) is 17.5 Å². The van der Waals surface area contributed by atoms with Crippen molar-refractivity contribution in [1.29, 1.82) is 0 Å². The van der Waals surface area contributed by atoms with Gasteiger partial charge in [0.05, 0.1) is 11.8 Å². The standard InChI is InChI=1S/C11H16F3N3O2/c1-16(5-4-6-19-3)10(18)8-7-15-17(2)9(8)11(12,13)14/h7H,4-6H2,1-3H3. The molecule has 0 radical (unpaired) electrons. The van der Waals surface area contributed by atoms with Crippen LogP contribution in [0.15, 0.2) is 6.20 Å². The van der Waals surface area contributed by atoms with Gasteiger partial charge in [-0.15, -0.1) is 0 Å². The monoisotopic (exact) mass is 279 g/mol. The van der Waals surface area contributed by atoms with Crippen molar-refractivity contribution < 1.29 is 22.7 Å². The number of methoxy groups -OCH3 is 1. The zero-order valence-electron chi connectivity index (χ0n) is 11.0. The first-order chi connectivity index (χ1) is 8.79. The van der Waals surface area contributed by atoms with Crippen molar-refractivity contribution in [3.8, 4) is 0 Å². The number of aryl methyl sites for hydroxylation is 1. The van der Waals surface area contributed by atoms with Gasteiger partial charge in [-0.1, -0.05) is 0 Å². The Balaban J connectivity index is 2.88. The average Bonchev–Trinajstić information content (AvgIpc) is 2.70. The lowest BCUT2D eigenvalue weighted by Gasteiger charge is -2.17.